The van der Waals surface area contributed by atoms with E-state index in [-0.39, 0.29) is 19.4 Å². The highest BCUT2D eigenvalue weighted by Gasteiger charge is 2.23. The van der Waals surface area contributed by atoms with Crippen LogP contribution in [0.15, 0.2) is 12.2 Å². The second-order valence-electron chi connectivity index (χ2n) is 15.7. The Bertz CT molecular complexity index is 889. The van der Waals surface area contributed by atoms with Gasteiger partial charge in [-0.05, 0) is 38.5 Å². The normalized spacial score (nSPS) is 12.4. The van der Waals surface area contributed by atoms with Crippen LogP contribution in [0.2, 0.25) is 0 Å². The first kappa shape index (κ1) is 52.8. The molecule has 0 amide bonds. The summed E-state index contributed by atoms with van der Waals surface area (Å²) < 4.78 is 26.4. The summed E-state index contributed by atoms with van der Waals surface area (Å²) >= 11 is 0. The molecule has 0 aliphatic heterocycles. The van der Waals surface area contributed by atoms with Crippen molar-refractivity contribution in [3.63, 3.8) is 0 Å². The number of rotatable bonds is 43. The van der Waals surface area contributed by atoms with Crippen molar-refractivity contribution < 1.29 is 37.9 Å². The van der Waals surface area contributed by atoms with E-state index in [1.165, 1.54) is 161 Å². The highest BCUT2D eigenvalue weighted by molar-refractivity contribution is 7.46. The lowest BCUT2D eigenvalue weighted by atomic mass is 10.0. The molecule has 0 fully saturated rings. The first-order valence-electron chi connectivity index (χ1n) is 23.0. The van der Waals surface area contributed by atoms with Gasteiger partial charge in [0.1, 0.15) is 6.61 Å². The summed E-state index contributed by atoms with van der Waals surface area (Å²) in [5.41, 5.74) is 0. The summed E-state index contributed by atoms with van der Waals surface area (Å²) in [5.74, 6) is -0.881. The van der Waals surface area contributed by atoms with Crippen LogP contribution in [-0.4, -0.2) is 41.0 Å². The molecule has 1 unspecified atom stereocenters. The quantitative estimate of drug-likeness (QED) is 0.0271. The van der Waals surface area contributed by atoms with Crippen molar-refractivity contribution in [2.45, 2.75) is 251 Å². The van der Waals surface area contributed by atoms with E-state index in [0.29, 0.717) is 6.42 Å². The number of ether oxygens (including phenoxy) is 2. The third kappa shape index (κ3) is 43.5. The standard InChI is InChI=1S/C45H87O8P/c1-3-5-7-9-11-13-15-17-18-19-20-21-22-23-24-25-26-28-29-31-33-35-37-39-44(46)51-41-43(42-52-54(48,49)50)53-45(47)40-38-36-34-32-30-27-16-14-12-10-8-6-4-2/h14,16,43H,3-13,15,17-42H2,1-2H3,(H2,48,49,50)/b16-14-. The van der Waals surface area contributed by atoms with E-state index in [1.807, 2.05) is 0 Å². The molecule has 0 aliphatic carbocycles. The van der Waals surface area contributed by atoms with E-state index >= 15 is 0 Å². The minimum atomic E-state index is -4.75. The summed E-state index contributed by atoms with van der Waals surface area (Å²) in [6, 6.07) is 0. The van der Waals surface area contributed by atoms with Gasteiger partial charge in [0.2, 0.25) is 0 Å². The zero-order valence-corrected chi connectivity index (χ0v) is 36.3. The molecule has 0 aromatic heterocycles. The monoisotopic (exact) mass is 787 g/mol. The number of esters is 2. The van der Waals surface area contributed by atoms with E-state index in [2.05, 4.69) is 30.5 Å². The van der Waals surface area contributed by atoms with E-state index in [1.54, 1.807) is 0 Å². The van der Waals surface area contributed by atoms with Crippen molar-refractivity contribution in [1.29, 1.82) is 0 Å². The molecular weight excluding hydrogens is 699 g/mol. The second kappa shape index (κ2) is 41.4. The maximum atomic E-state index is 12.4. The number of allylic oxidation sites excluding steroid dienone is 2. The Kier molecular flexibility index (Phi) is 40.5. The lowest BCUT2D eigenvalue weighted by Gasteiger charge is -2.18. The maximum Gasteiger partial charge on any atom is 0.469 e. The Balaban J connectivity index is 3.77. The SMILES string of the molecule is CCCCCC/C=C\CCCCCCCC(=O)OC(COC(=O)CCCCCCCCCCCCCCCCCCCCCCCCC)COP(=O)(O)O. The topological polar surface area (TPSA) is 119 Å². The number of unbranched alkanes of at least 4 members (excludes halogenated alkanes) is 31. The van der Waals surface area contributed by atoms with Gasteiger partial charge in [0, 0.05) is 12.8 Å². The van der Waals surface area contributed by atoms with Crippen LogP contribution in [0.4, 0.5) is 0 Å². The molecule has 8 nitrogen and oxygen atoms in total. The number of hydrogen-bond acceptors (Lipinski definition) is 6. The minimum absolute atomic E-state index is 0.206. The molecule has 0 bridgehead atoms. The molecular formula is C45H87O8P. The number of carbonyl (C=O) groups excluding carboxylic acids is 2. The minimum Gasteiger partial charge on any atom is -0.462 e. The van der Waals surface area contributed by atoms with Crippen molar-refractivity contribution in [2.24, 2.45) is 0 Å². The van der Waals surface area contributed by atoms with Crippen molar-refractivity contribution in [3.8, 4) is 0 Å². The Hall–Kier alpha value is -1.21. The Labute approximate surface area is 333 Å². The van der Waals surface area contributed by atoms with Gasteiger partial charge in [-0.25, -0.2) is 4.57 Å². The second-order valence-corrected chi connectivity index (χ2v) is 17.0. The van der Waals surface area contributed by atoms with Gasteiger partial charge in [-0.1, -0.05) is 206 Å². The highest BCUT2D eigenvalue weighted by Crippen LogP contribution is 2.36. The zero-order chi connectivity index (χ0) is 39.6. The fraction of sp³-hybridized carbons (Fsp3) is 0.911. The summed E-state index contributed by atoms with van der Waals surface area (Å²) in [6.45, 7) is 3.69. The molecule has 54 heavy (non-hydrogen) atoms. The molecule has 0 aliphatic rings. The summed E-state index contributed by atoms with van der Waals surface area (Å²) in [7, 11) is -4.75. The van der Waals surface area contributed by atoms with E-state index in [9.17, 15) is 14.2 Å². The lowest BCUT2D eigenvalue weighted by molar-refractivity contribution is -0.161. The van der Waals surface area contributed by atoms with Crippen LogP contribution >= 0.6 is 7.82 Å². The third-order valence-electron chi connectivity index (χ3n) is 10.3. The van der Waals surface area contributed by atoms with Crippen LogP contribution < -0.4 is 0 Å². The maximum absolute atomic E-state index is 12.4. The zero-order valence-electron chi connectivity index (χ0n) is 35.4. The lowest BCUT2D eigenvalue weighted by Crippen LogP contribution is -2.29. The predicted molar refractivity (Wildman–Crippen MR) is 226 cm³/mol. The molecule has 0 saturated carbocycles. The third-order valence-corrected chi connectivity index (χ3v) is 10.8. The smallest absolute Gasteiger partial charge is 0.462 e. The van der Waals surface area contributed by atoms with Crippen molar-refractivity contribution in [3.05, 3.63) is 12.2 Å². The van der Waals surface area contributed by atoms with Gasteiger partial charge in [-0.2, -0.15) is 0 Å². The first-order valence-corrected chi connectivity index (χ1v) is 24.5. The van der Waals surface area contributed by atoms with Crippen LogP contribution in [0.3, 0.4) is 0 Å². The van der Waals surface area contributed by atoms with Crippen molar-refractivity contribution in [2.75, 3.05) is 13.2 Å². The van der Waals surface area contributed by atoms with Gasteiger partial charge >= 0.3 is 19.8 Å². The molecule has 0 aromatic carbocycles. The van der Waals surface area contributed by atoms with Gasteiger partial charge in [0.25, 0.3) is 0 Å². The fourth-order valence-electron chi connectivity index (χ4n) is 6.84. The number of phosphoric ester groups is 1. The van der Waals surface area contributed by atoms with E-state index in [4.69, 9.17) is 19.3 Å². The Morgan fingerprint density at radius 1 is 0.463 bits per heavy atom. The predicted octanol–water partition coefficient (Wildman–Crippen LogP) is 14.2. The van der Waals surface area contributed by atoms with Crippen LogP contribution in [0, 0.1) is 0 Å². The van der Waals surface area contributed by atoms with Crippen LogP contribution in [-0.2, 0) is 28.2 Å². The molecule has 320 valence electrons. The van der Waals surface area contributed by atoms with Crippen LogP contribution in [0.25, 0.3) is 0 Å². The van der Waals surface area contributed by atoms with Gasteiger partial charge < -0.3 is 19.3 Å². The van der Waals surface area contributed by atoms with E-state index < -0.39 is 32.5 Å². The highest BCUT2D eigenvalue weighted by atomic mass is 31.2. The van der Waals surface area contributed by atoms with Crippen LogP contribution in [0.1, 0.15) is 245 Å². The molecule has 2 N–H and O–H groups in total. The van der Waals surface area contributed by atoms with E-state index in [0.717, 1.165) is 51.4 Å². The molecule has 0 rings (SSSR count). The Morgan fingerprint density at radius 3 is 1.15 bits per heavy atom. The Morgan fingerprint density at radius 2 is 0.778 bits per heavy atom. The van der Waals surface area contributed by atoms with Crippen molar-refractivity contribution in [1.82, 2.24) is 0 Å². The van der Waals surface area contributed by atoms with Crippen molar-refractivity contribution >= 4 is 19.8 Å². The molecule has 0 spiro atoms. The van der Waals surface area contributed by atoms with Gasteiger partial charge in [-0.15, -0.1) is 0 Å². The molecule has 0 heterocycles. The molecule has 0 saturated heterocycles. The van der Waals surface area contributed by atoms with Crippen LogP contribution in [0.5, 0.6) is 0 Å². The number of hydrogen-bond donors (Lipinski definition) is 2. The number of phosphoric acid groups is 1. The largest absolute Gasteiger partial charge is 0.469 e. The summed E-state index contributed by atoms with van der Waals surface area (Å²) in [6.07, 6.45) is 46.6. The summed E-state index contributed by atoms with van der Waals surface area (Å²) in [5, 5.41) is 0. The summed E-state index contributed by atoms with van der Waals surface area (Å²) in [4.78, 5) is 42.9. The van der Waals surface area contributed by atoms with Gasteiger partial charge in [0.05, 0.1) is 6.61 Å². The molecule has 0 radical (unpaired) electrons. The van der Waals surface area contributed by atoms with Gasteiger partial charge in [0.15, 0.2) is 6.10 Å². The molecule has 9 heteroatoms. The molecule has 1 atom stereocenters. The fourth-order valence-corrected chi connectivity index (χ4v) is 7.20. The number of carbonyl (C=O) groups is 2. The molecule has 0 aromatic rings. The average molecular weight is 787 g/mol. The van der Waals surface area contributed by atoms with Gasteiger partial charge in [-0.3, -0.25) is 14.1 Å². The first-order chi connectivity index (χ1) is 26.3. The average Bonchev–Trinajstić information content (AvgIpc) is 3.14.